The molecule has 178 valence electrons. The van der Waals surface area contributed by atoms with Crippen LogP contribution in [0.2, 0.25) is 0 Å². The van der Waals surface area contributed by atoms with Crippen molar-refractivity contribution in [1.82, 2.24) is 10.3 Å². The van der Waals surface area contributed by atoms with Crippen LogP contribution in [0.3, 0.4) is 0 Å². The first kappa shape index (κ1) is 27.0. The summed E-state index contributed by atoms with van der Waals surface area (Å²) in [6.45, 7) is 1.52. The highest BCUT2D eigenvalue weighted by Crippen LogP contribution is 2.19. The van der Waals surface area contributed by atoms with Crippen molar-refractivity contribution in [1.29, 1.82) is 0 Å². The third-order valence-electron chi connectivity index (χ3n) is 5.07. The maximum atomic E-state index is 11.8. The number of aliphatic hydroxyl groups excluding tert-OH is 2. The number of hydrogen-bond donors (Lipinski definition) is 8. The molecule has 1 heterocycles. The number of nitrogens with one attached hydrogen (secondary N) is 2. The lowest BCUT2D eigenvalue weighted by Crippen LogP contribution is -2.46. The summed E-state index contributed by atoms with van der Waals surface area (Å²) in [4.78, 5) is 36.9. The molecule has 11 nitrogen and oxygen atoms in total. The van der Waals surface area contributed by atoms with Gasteiger partial charge in [-0.1, -0.05) is 25.1 Å². The second kappa shape index (κ2) is 12.8. The number of aliphatic hydroxyl groups is 2. The Morgan fingerprint density at radius 2 is 1.75 bits per heavy atom. The standard InChI is InChI=1S/C16H19N3O5.C5H13NO2/c17-11(15(21)22)5-6-14(20)19-13(16(23)24)7-9-8-18-12-4-2-1-3-10(9)12;1-2-5(6,3-7)4-8/h1-4,8,11,13,18H,5-7,17H2,(H,19,20)(H,21,22)(H,23,24);7-8H,2-4,6H2,1H3/t11-,13-;/m1./s1. The Balaban J connectivity index is 0.000000547. The van der Waals surface area contributed by atoms with Gasteiger partial charge in [0.05, 0.1) is 18.8 Å². The molecule has 0 bridgehead atoms. The monoisotopic (exact) mass is 452 g/mol. The summed E-state index contributed by atoms with van der Waals surface area (Å²) in [6, 6.07) is 5.21. The number of hydrogen-bond acceptors (Lipinski definition) is 7. The van der Waals surface area contributed by atoms with E-state index >= 15 is 0 Å². The lowest BCUT2D eigenvalue weighted by atomic mass is 10.0. The van der Waals surface area contributed by atoms with E-state index in [4.69, 9.17) is 26.8 Å². The largest absolute Gasteiger partial charge is 0.480 e. The molecule has 2 atom stereocenters. The average Bonchev–Trinajstić information content (AvgIpc) is 3.19. The second-order valence-electron chi connectivity index (χ2n) is 7.54. The maximum absolute atomic E-state index is 11.8. The van der Waals surface area contributed by atoms with Crippen LogP contribution in [0.5, 0.6) is 0 Å². The predicted octanol–water partition coefficient (Wildman–Crippen LogP) is -0.450. The number of carboxylic acid groups (broad SMARTS) is 2. The van der Waals surface area contributed by atoms with Crippen LogP contribution in [-0.4, -0.2) is 74.1 Å². The third kappa shape index (κ3) is 8.27. The van der Waals surface area contributed by atoms with Crippen LogP contribution in [0.15, 0.2) is 30.5 Å². The molecule has 10 N–H and O–H groups in total. The smallest absolute Gasteiger partial charge is 0.326 e. The van der Waals surface area contributed by atoms with Crippen LogP contribution < -0.4 is 16.8 Å². The van der Waals surface area contributed by atoms with E-state index in [1.54, 1.807) is 6.20 Å². The molecule has 1 aromatic carbocycles. The Hall–Kier alpha value is -2.99. The van der Waals surface area contributed by atoms with E-state index in [0.29, 0.717) is 6.42 Å². The van der Waals surface area contributed by atoms with E-state index in [1.807, 2.05) is 31.2 Å². The van der Waals surface area contributed by atoms with E-state index in [9.17, 15) is 19.5 Å². The fourth-order valence-corrected chi connectivity index (χ4v) is 2.67. The van der Waals surface area contributed by atoms with Crippen LogP contribution in [0.25, 0.3) is 10.9 Å². The Morgan fingerprint density at radius 3 is 2.25 bits per heavy atom. The molecule has 0 aliphatic rings. The molecule has 32 heavy (non-hydrogen) atoms. The molecule has 0 saturated heterocycles. The molecule has 0 aliphatic heterocycles. The number of amides is 1. The first-order chi connectivity index (χ1) is 15.1. The first-order valence-electron chi connectivity index (χ1n) is 10.1. The van der Waals surface area contributed by atoms with Gasteiger partial charge in [0.25, 0.3) is 0 Å². The molecule has 0 saturated carbocycles. The molecule has 0 fully saturated rings. The molecule has 0 radical (unpaired) electrons. The van der Waals surface area contributed by atoms with Crippen molar-refractivity contribution < 1.29 is 34.8 Å². The summed E-state index contributed by atoms with van der Waals surface area (Å²) >= 11 is 0. The fourth-order valence-electron chi connectivity index (χ4n) is 2.67. The molecular formula is C21H32N4O7. The number of H-pyrrole nitrogens is 1. The highest BCUT2D eigenvalue weighted by molar-refractivity contribution is 5.87. The SMILES string of the molecule is CCC(N)(CO)CO.N[C@H](CCC(=O)N[C@H](Cc1c[nH]c2ccccc12)C(=O)O)C(=O)O. The highest BCUT2D eigenvalue weighted by atomic mass is 16.4. The van der Waals surface area contributed by atoms with Gasteiger partial charge < -0.3 is 42.2 Å². The normalized spacial score (nSPS) is 13.0. The number of benzene rings is 1. The first-order valence-corrected chi connectivity index (χ1v) is 10.1. The molecule has 1 aromatic heterocycles. The molecule has 11 heteroatoms. The van der Waals surface area contributed by atoms with Crippen LogP contribution in [0.1, 0.15) is 31.7 Å². The van der Waals surface area contributed by atoms with E-state index in [0.717, 1.165) is 16.5 Å². The average molecular weight is 453 g/mol. The molecule has 0 aliphatic carbocycles. The lowest BCUT2D eigenvalue weighted by molar-refractivity contribution is -0.142. The van der Waals surface area contributed by atoms with Crippen molar-refractivity contribution in [2.75, 3.05) is 13.2 Å². The summed E-state index contributed by atoms with van der Waals surface area (Å²) in [7, 11) is 0. The van der Waals surface area contributed by atoms with Crippen molar-refractivity contribution >= 4 is 28.7 Å². The van der Waals surface area contributed by atoms with Gasteiger partial charge in [-0.15, -0.1) is 0 Å². The highest BCUT2D eigenvalue weighted by Gasteiger charge is 2.23. The van der Waals surface area contributed by atoms with Gasteiger partial charge in [0, 0.05) is 29.9 Å². The zero-order valence-electron chi connectivity index (χ0n) is 18.0. The van der Waals surface area contributed by atoms with Gasteiger partial charge in [-0.2, -0.15) is 0 Å². The number of aliphatic carboxylic acids is 2. The second-order valence-corrected chi connectivity index (χ2v) is 7.54. The molecule has 2 rings (SSSR count). The molecular weight excluding hydrogens is 420 g/mol. The number of aromatic nitrogens is 1. The van der Waals surface area contributed by atoms with Crippen LogP contribution in [-0.2, 0) is 20.8 Å². The van der Waals surface area contributed by atoms with Crippen LogP contribution in [0.4, 0.5) is 0 Å². The van der Waals surface area contributed by atoms with Gasteiger partial charge in [-0.25, -0.2) is 4.79 Å². The van der Waals surface area contributed by atoms with Crippen molar-refractivity contribution in [2.45, 2.75) is 50.2 Å². The zero-order valence-corrected chi connectivity index (χ0v) is 18.0. The lowest BCUT2D eigenvalue weighted by Gasteiger charge is -2.21. The quantitative estimate of drug-likeness (QED) is 0.221. The minimum Gasteiger partial charge on any atom is -0.480 e. The molecule has 0 unspecified atom stereocenters. The number of aromatic amines is 1. The van der Waals surface area contributed by atoms with Crippen molar-refractivity contribution in [3.63, 3.8) is 0 Å². The Labute approximate surface area is 185 Å². The Morgan fingerprint density at radius 1 is 1.12 bits per heavy atom. The molecule has 2 aromatic rings. The van der Waals surface area contributed by atoms with E-state index in [1.165, 1.54) is 0 Å². The van der Waals surface area contributed by atoms with Crippen molar-refractivity contribution in [2.24, 2.45) is 11.5 Å². The predicted molar refractivity (Wildman–Crippen MR) is 118 cm³/mol. The van der Waals surface area contributed by atoms with Gasteiger partial charge in [0.2, 0.25) is 5.91 Å². The zero-order chi connectivity index (χ0) is 24.3. The van der Waals surface area contributed by atoms with Gasteiger partial charge in [0.1, 0.15) is 12.1 Å². The number of carbonyl (C=O) groups is 3. The summed E-state index contributed by atoms with van der Waals surface area (Å²) in [5, 5.41) is 38.3. The number of nitrogens with two attached hydrogens (primary N) is 2. The van der Waals surface area contributed by atoms with Gasteiger partial charge in [-0.3, -0.25) is 9.59 Å². The van der Waals surface area contributed by atoms with Crippen molar-refractivity contribution in [3.05, 3.63) is 36.0 Å². The Bertz CT molecular complexity index is 887. The number of carboxylic acids is 2. The minimum atomic E-state index is -1.20. The summed E-state index contributed by atoms with van der Waals surface area (Å²) < 4.78 is 0. The van der Waals surface area contributed by atoms with E-state index in [-0.39, 0.29) is 32.5 Å². The van der Waals surface area contributed by atoms with Crippen LogP contribution in [0, 0.1) is 0 Å². The van der Waals surface area contributed by atoms with Gasteiger partial charge in [0.15, 0.2) is 0 Å². The molecule has 1 amide bonds. The minimum absolute atomic E-state index is 0.0550. The Kier molecular flexibility index (Phi) is 10.8. The van der Waals surface area contributed by atoms with E-state index in [2.05, 4.69) is 10.3 Å². The number of para-hydroxylation sites is 1. The van der Waals surface area contributed by atoms with Crippen LogP contribution >= 0.6 is 0 Å². The van der Waals surface area contributed by atoms with Crippen molar-refractivity contribution in [3.8, 4) is 0 Å². The topological polar surface area (TPSA) is 212 Å². The van der Waals surface area contributed by atoms with Gasteiger partial charge >= 0.3 is 11.9 Å². The number of rotatable bonds is 11. The van der Waals surface area contributed by atoms with Gasteiger partial charge in [-0.05, 0) is 24.5 Å². The summed E-state index contributed by atoms with van der Waals surface area (Å²) in [5.41, 5.74) is 11.6. The maximum Gasteiger partial charge on any atom is 0.326 e. The fraction of sp³-hybridized carbons (Fsp3) is 0.476. The third-order valence-corrected chi connectivity index (χ3v) is 5.07. The van der Waals surface area contributed by atoms with E-state index < -0.39 is 35.5 Å². The summed E-state index contributed by atoms with van der Waals surface area (Å²) in [6.07, 6.45) is 2.23. The number of fused-ring (bicyclic) bond motifs is 1. The number of carbonyl (C=O) groups excluding carboxylic acids is 1. The summed E-state index contributed by atoms with van der Waals surface area (Å²) in [5.74, 6) is -2.90. The molecule has 0 spiro atoms.